The quantitative estimate of drug-likeness (QED) is 0.593. The van der Waals surface area contributed by atoms with E-state index in [1.54, 1.807) is 0 Å². The molecule has 0 unspecified atom stereocenters. The Hall–Kier alpha value is -1.32. The minimum atomic E-state index is -0.388. The number of nitrogens with one attached hydrogen (secondary N) is 1. The molecule has 0 aliphatic heterocycles. The summed E-state index contributed by atoms with van der Waals surface area (Å²) in [6.07, 6.45) is 11.1. The maximum Gasteiger partial charge on any atom is 0.309 e. The Bertz CT molecular complexity index is 585. The van der Waals surface area contributed by atoms with Crippen LogP contribution in [0.25, 0.3) is 0 Å². The third-order valence-corrected chi connectivity index (χ3v) is 6.80. The van der Waals surface area contributed by atoms with E-state index in [2.05, 4.69) is 18.3 Å². The zero-order valence-corrected chi connectivity index (χ0v) is 16.9. The lowest BCUT2D eigenvalue weighted by molar-refractivity contribution is -0.160. The largest absolute Gasteiger partial charge is 0.461 e. The van der Waals surface area contributed by atoms with Gasteiger partial charge in [0.2, 0.25) is 5.91 Å². The number of carbonyl (C=O) groups is 2. The van der Waals surface area contributed by atoms with Crippen molar-refractivity contribution in [3.05, 3.63) is 11.6 Å². The minimum Gasteiger partial charge on any atom is -0.461 e. The normalized spacial score (nSPS) is 34.6. The summed E-state index contributed by atoms with van der Waals surface area (Å²) in [4.78, 5) is 25.3. The van der Waals surface area contributed by atoms with Gasteiger partial charge in [0.25, 0.3) is 0 Å². The van der Waals surface area contributed by atoms with Gasteiger partial charge in [0.05, 0.1) is 5.92 Å². The number of ether oxygens (including phenoxy) is 1. The molecule has 1 amide bonds. The van der Waals surface area contributed by atoms with Gasteiger partial charge in [-0.15, -0.1) is 0 Å². The predicted octanol–water partition coefficient (Wildman–Crippen LogP) is 4.53. The molecule has 2 fully saturated rings. The third-order valence-electron chi connectivity index (χ3n) is 6.80. The molecule has 2 saturated carbocycles. The highest BCUT2D eigenvalue weighted by Gasteiger charge is 2.54. The molecule has 3 aliphatic rings. The van der Waals surface area contributed by atoms with Crippen molar-refractivity contribution >= 4 is 11.9 Å². The molecule has 0 heterocycles. The molecule has 1 spiro atoms. The summed E-state index contributed by atoms with van der Waals surface area (Å²) < 4.78 is 6.10. The zero-order chi connectivity index (χ0) is 18.9. The number of allylic oxidation sites excluding steroid dienone is 2. The molecule has 1 N–H and O–H groups in total. The van der Waals surface area contributed by atoms with Crippen LogP contribution in [-0.2, 0) is 14.3 Å². The van der Waals surface area contributed by atoms with Gasteiger partial charge in [0.1, 0.15) is 6.10 Å². The van der Waals surface area contributed by atoms with Crippen LogP contribution in [0.1, 0.15) is 85.5 Å². The van der Waals surface area contributed by atoms with Crippen molar-refractivity contribution in [2.45, 2.75) is 97.6 Å². The van der Waals surface area contributed by atoms with Crippen LogP contribution in [0, 0.1) is 16.7 Å². The van der Waals surface area contributed by atoms with Gasteiger partial charge in [0, 0.05) is 16.9 Å². The van der Waals surface area contributed by atoms with Crippen LogP contribution in [0.2, 0.25) is 0 Å². The number of hydrogen-bond donors (Lipinski definition) is 1. The Morgan fingerprint density at radius 2 is 1.85 bits per heavy atom. The molecule has 4 heteroatoms. The van der Waals surface area contributed by atoms with Crippen LogP contribution in [0.5, 0.6) is 0 Å². The highest BCUT2D eigenvalue weighted by Crippen LogP contribution is 2.52. The lowest BCUT2D eigenvalue weighted by Gasteiger charge is -2.38. The molecule has 3 aliphatic carbocycles. The topological polar surface area (TPSA) is 55.4 Å². The van der Waals surface area contributed by atoms with E-state index in [-0.39, 0.29) is 40.8 Å². The molecule has 0 aromatic heterocycles. The second kappa shape index (κ2) is 7.36. The number of rotatable bonds is 3. The summed E-state index contributed by atoms with van der Waals surface area (Å²) in [6, 6.07) is 0.142. The van der Waals surface area contributed by atoms with E-state index in [1.807, 2.05) is 20.8 Å². The van der Waals surface area contributed by atoms with Crippen LogP contribution in [0.15, 0.2) is 11.6 Å². The van der Waals surface area contributed by atoms with Gasteiger partial charge in [0.15, 0.2) is 0 Å². The van der Waals surface area contributed by atoms with E-state index in [0.29, 0.717) is 0 Å². The molecule has 146 valence electrons. The highest BCUT2D eigenvalue weighted by atomic mass is 16.5. The summed E-state index contributed by atoms with van der Waals surface area (Å²) in [7, 11) is 0. The first-order chi connectivity index (χ1) is 12.2. The van der Waals surface area contributed by atoms with E-state index < -0.39 is 0 Å². The minimum absolute atomic E-state index is 0.0142. The number of esters is 1. The molecule has 4 nitrogen and oxygen atoms in total. The van der Waals surface area contributed by atoms with Crippen molar-refractivity contribution in [3.8, 4) is 0 Å². The lowest BCUT2D eigenvalue weighted by Crippen LogP contribution is -2.52. The van der Waals surface area contributed by atoms with E-state index in [1.165, 1.54) is 5.57 Å². The van der Waals surface area contributed by atoms with Gasteiger partial charge in [-0.1, -0.05) is 38.8 Å². The fourth-order valence-corrected chi connectivity index (χ4v) is 5.03. The summed E-state index contributed by atoms with van der Waals surface area (Å²) in [5, 5.41) is 3.30. The molecule has 3 rings (SSSR count). The van der Waals surface area contributed by atoms with Gasteiger partial charge < -0.3 is 10.1 Å². The fraction of sp³-hybridized carbons (Fsp3) is 0.818. The number of carbonyl (C=O) groups excluding carboxylic acids is 2. The second-order valence-electron chi connectivity index (χ2n) is 9.74. The predicted molar refractivity (Wildman–Crippen MR) is 102 cm³/mol. The van der Waals surface area contributed by atoms with E-state index in [9.17, 15) is 9.59 Å². The molecular weight excluding hydrogens is 326 g/mol. The molecule has 26 heavy (non-hydrogen) atoms. The standard InChI is InChI=1S/C22H35NO3/c1-15-9-11-16(12-10-15)19(24)26-18-8-6-14-22(18)13-5-7-17(22)23-20(25)21(2,3)4/h9,16-18H,5-8,10-14H2,1-4H3,(H,23,25)/t16-,17+,18+,22+/m0/s1. The van der Waals surface area contributed by atoms with E-state index >= 15 is 0 Å². The van der Waals surface area contributed by atoms with Gasteiger partial charge >= 0.3 is 5.97 Å². The Kier molecular flexibility index (Phi) is 5.50. The van der Waals surface area contributed by atoms with Crippen molar-refractivity contribution in [3.63, 3.8) is 0 Å². The molecule has 0 saturated heterocycles. The van der Waals surface area contributed by atoms with Crippen LogP contribution < -0.4 is 5.32 Å². The molecule has 4 atom stereocenters. The van der Waals surface area contributed by atoms with Crippen molar-refractivity contribution in [1.82, 2.24) is 5.32 Å². The number of hydrogen-bond acceptors (Lipinski definition) is 3. The van der Waals surface area contributed by atoms with Gasteiger partial charge in [-0.05, 0) is 58.3 Å². The maximum absolute atomic E-state index is 12.8. The SMILES string of the molecule is CC1=CC[C@H](C(=O)O[C@@H]2CCC[C@@]23CCC[C@H]3NC(=O)C(C)(C)C)CC1. The van der Waals surface area contributed by atoms with Crippen molar-refractivity contribution < 1.29 is 14.3 Å². The zero-order valence-electron chi connectivity index (χ0n) is 16.9. The van der Waals surface area contributed by atoms with Crippen LogP contribution in [-0.4, -0.2) is 24.0 Å². The first-order valence-electron chi connectivity index (χ1n) is 10.4. The molecule has 0 aromatic rings. The van der Waals surface area contributed by atoms with Crippen LogP contribution in [0.4, 0.5) is 0 Å². The Morgan fingerprint density at radius 3 is 2.46 bits per heavy atom. The molecule has 0 radical (unpaired) electrons. The fourth-order valence-electron chi connectivity index (χ4n) is 5.03. The van der Waals surface area contributed by atoms with Crippen LogP contribution in [0.3, 0.4) is 0 Å². The Morgan fingerprint density at radius 1 is 1.15 bits per heavy atom. The van der Waals surface area contributed by atoms with Crippen LogP contribution >= 0.6 is 0 Å². The van der Waals surface area contributed by atoms with E-state index in [4.69, 9.17) is 4.74 Å². The summed E-state index contributed by atoms with van der Waals surface area (Å²) in [6.45, 7) is 7.99. The first-order valence-corrected chi connectivity index (χ1v) is 10.4. The summed E-state index contributed by atoms with van der Waals surface area (Å²) in [5.41, 5.74) is 0.949. The third kappa shape index (κ3) is 3.84. The summed E-state index contributed by atoms with van der Waals surface area (Å²) >= 11 is 0. The average Bonchev–Trinajstić information content (AvgIpc) is 3.15. The molecule has 0 aromatic carbocycles. The lowest BCUT2D eigenvalue weighted by atomic mass is 9.78. The maximum atomic E-state index is 12.8. The van der Waals surface area contributed by atoms with Gasteiger partial charge in [-0.3, -0.25) is 9.59 Å². The average molecular weight is 362 g/mol. The van der Waals surface area contributed by atoms with Crippen molar-refractivity contribution in [2.24, 2.45) is 16.7 Å². The van der Waals surface area contributed by atoms with E-state index in [0.717, 1.165) is 57.8 Å². The number of amides is 1. The van der Waals surface area contributed by atoms with Gasteiger partial charge in [-0.2, -0.15) is 0 Å². The smallest absolute Gasteiger partial charge is 0.309 e. The molecular formula is C22H35NO3. The summed E-state index contributed by atoms with van der Waals surface area (Å²) in [5.74, 6) is 0.0989. The second-order valence-corrected chi connectivity index (χ2v) is 9.74. The van der Waals surface area contributed by atoms with Gasteiger partial charge in [-0.25, -0.2) is 0 Å². The monoisotopic (exact) mass is 361 g/mol. The molecule has 0 bridgehead atoms. The van der Waals surface area contributed by atoms with Crippen molar-refractivity contribution in [2.75, 3.05) is 0 Å². The Labute approximate surface area is 158 Å². The highest BCUT2D eigenvalue weighted by molar-refractivity contribution is 5.81. The first kappa shape index (κ1) is 19.4. The Balaban J connectivity index is 1.68. The van der Waals surface area contributed by atoms with Crippen molar-refractivity contribution in [1.29, 1.82) is 0 Å².